The normalized spacial score (nSPS) is 11.2. The standard InChI is InChI=1S/C29H26N4O3/c34-27(31-20-25-15-7-8-17-30-25)23-14-9-16-24(19-23)32-29(36)26(18-21-10-3-1-4-11-21)33-28(35)22-12-5-2-6-13-22/h1-17,19,26H,18,20H2,(H,31,34)(H,32,36)(H,33,35). The largest absolute Gasteiger partial charge is 0.346 e. The maximum atomic E-state index is 13.2. The third kappa shape index (κ3) is 6.87. The number of pyridine rings is 1. The molecule has 0 spiro atoms. The Balaban J connectivity index is 1.45. The highest BCUT2D eigenvalue weighted by Gasteiger charge is 2.22. The predicted octanol–water partition coefficient (Wildman–Crippen LogP) is 3.99. The number of aromatic nitrogens is 1. The second-order valence-electron chi connectivity index (χ2n) is 8.16. The fourth-order valence-corrected chi connectivity index (χ4v) is 3.63. The molecular formula is C29H26N4O3. The van der Waals surface area contributed by atoms with Crippen molar-refractivity contribution in [1.29, 1.82) is 0 Å². The molecule has 4 rings (SSSR count). The molecule has 4 aromatic rings. The van der Waals surface area contributed by atoms with Crippen LogP contribution in [0.25, 0.3) is 0 Å². The molecule has 0 fully saturated rings. The van der Waals surface area contributed by atoms with Gasteiger partial charge in [0.1, 0.15) is 6.04 Å². The number of hydrogen-bond acceptors (Lipinski definition) is 4. The Morgan fingerprint density at radius 2 is 1.42 bits per heavy atom. The monoisotopic (exact) mass is 478 g/mol. The lowest BCUT2D eigenvalue weighted by Crippen LogP contribution is -2.45. The molecule has 0 saturated heterocycles. The van der Waals surface area contributed by atoms with Gasteiger partial charge in [0.15, 0.2) is 0 Å². The third-order valence-electron chi connectivity index (χ3n) is 5.49. The Hall–Kier alpha value is -4.78. The topological polar surface area (TPSA) is 100 Å². The number of anilines is 1. The van der Waals surface area contributed by atoms with Crippen molar-refractivity contribution in [2.24, 2.45) is 0 Å². The first-order valence-corrected chi connectivity index (χ1v) is 11.6. The van der Waals surface area contributed by atoms with Crippen molar-refractivity contribution in [3.8, 4) is 0 Å². The molecule has 7 heteroatoms. The van der Waals surface area contributed by atoms with Crippen LogP contribution in [0.4, 0.5) is 5.69 Å². The minimum absolute atomic E-state index is 0.282. The lowest BCUT2D eigenvalue weighted by atomic mass is 10.0. The Kier molecular flexibility index (Phi) is 8.17. The summed E-state index contributed by atoms with van der Waals surface area (Å²) in [7, 11) is 0. The van der Waals surface area contributed by atoms with Gasteiger partial charge in [0.05, 0.1) is 12.2 Å². The van der Waals surface area contributed by atoms with Crippen molar-refractivity contribution in [2.75, 3.05) is 5.32 Å². The van der Waals surface area contributed by atoms with E-state index in [4.69, 9.17) is 0 Å². The van der Waals surface area contributed by atoms with Gasteiger partial charge < -0.3 is 16.0 Å². The zero-order valence-electron chi connectivity index (χ0n) is 19.6. The van der Waals surface area contributed by atoms with E-state index in [1.807, 2.05) is 54.6 Å². The molecule has 180 valence electrons. The molecule has 0 aliphatic carbocycles. The summed E-state index contributed by atoms with van der Waals surface area (Å²) in [5.41, 5.74) is 2.98. The quantitative estimate of drug-likeness (QED) is 0.339. The average Bonchev–Trinajstić information content (AvgIpc) is 2.93. The molecule has 0 aliphatic rings. The molecule has 3 aromatic carbocycles. The number of amides is 3. The maximum Gasteiger partial charge on any atom is 0.251 e. The first-order valence-electron chi connectivity index (χ1n) is 11.6. The summed E-state index contributed by atoms with van der Waals surface area (Å²) in [5.74, 6) is -1.00. The van der Waals surface area contributed by atoms with Crippen molar-refractivity contribution in [2.45, 2.75) is 19.0 Å². The number of rotatable bonds is 9. The molecule has 0 radical (unpaired) electrons. The molecule has 1 heterocycles. The van der Waals surface area contributed by atoms with Gasteiger partial charge in [-0.2, -0.15) is 0 Å². The molecule has 36 heavy (non-hydrogen) atoms. The van der Waals surface area contributed by atoms with Crippen LogP contribution < -0.4 is 16.0 Å². The number of nitrogens with zero attached hydrogens (tertiary/aromatic N) is 1. The average molecular weight is 479 g/mol. The first-order chi connectivity index (χ1) is 17.6. The highest BCUT2D eigenvalue weighted by molar-refractivity contribution is 6.02. The van der Waals surface area contributed by atoms with Gasteiger partial charge in [0.25, 0.3) is 11.8 Å². The zero-order chi connectivity index (χ0) is 25.2. The van der Waals surface area contributed by atoms with Gasteiger partial charge in [0.2, 0.25) is 5.91 Å². The van der Waals surface area contributed by atoms with E-state index in [1.165, 1.54) is 0 Å². The van der Waals surface area contributed by atoms with E-state index in [0.29, 0.717) is 29.8 Å². The Morgan fingerprint density at radius 1 is 0.722 bits per heavy atom. The van der Waals surface area contributed by atoms with E-state index in [1.54, 1.807) is 54.7 Å². The molecule has 1 unspecified atom stereocenters. The van der Waals surface area contributed by atoms with Gasteiger partial charge in [-0.1, -0.05) is 60.7 Å². The van der Waals surface area contributed by atoms with Crippen molar-refractivity contribution in [3.05, 3.63) is 132 Å². The van der Waals surface area contributed by atoms with Gasteiger partial charge >= 0.3 is 0 Å². The number of hydrogen-bond donors (Lipinski definition) is 3. The van der Waals surface area contributed by atoms with E-state index in [0.717, 1.165) is 11.3 Å². The second-order valence-corrected chi connectivity index (χ2v) is 8.16. The molecule has 0 aliphatic heterocycles. The molecule has 1 aromatic heterocycles. The van der Waals surface area contributed by atoms with E-state index < -0.39 is 6.04 Å². The van der Waals surface area contributed by atoms with Gasteiger partial charge in [-0.05, 0) is 48.0 Å². The third-order valence-corrected chi connectivity index (χ3v) is 5.49. The summed E-state index contributed by atoms with van der Waals surface area (Å²) in [6.07, 6.45) is 1.98. The summed E-state index contributed by atoms with van der Waals surface area (Å²) in [5, 5.41) is 8.51. The summed E-state index contributed by atoms with van der Waals surface area (Å²) >= 11 is 0. The molecule has 0 bridgehead atoms. The fraction of sp³-hybridized carbons (Fsp3) is 0.103. The zero-order valence-corrected chi connectivity index (χ0v) is 19.6. The van der Waals surface area contributed by atoms with Crippen LogP contribution in [0.3, 0.4) is 0 Å². The van der Waals surface area contributed by atoms with Crippen LogP contribution in [0.1, 0.15) is 32.0 Å². The van der Waals surface area contributed by atoms with Crippen LogP contribution in [0, 0.1) is 0 Å². The van der Waals surface area contributed by atoms with Crippen LogP contribution in [-0.4, -0.2) is 28.7 Å². The van der Waals surface area contributed by atoms with Crippen molar-refractivity contribution < 1.29 is 14.4 Å². The molecular weight excluding hydrogens is 452 g/mol. The van der Waals surface area contributed by atoms with E-state index in [9.17, 15) is 14.4 Å². The molecule has 3 N–H and O–H groups in total. The van der Waals surface area contributed by atoms with Crippen LogP contribution in [-0.2, 0) is 17.8 Å². The summed E-state index contributed by atoms with van der Waals surface area (Å²) in [4.78, 5) is 42.8. The smallest absolute Gasteiger partial charge is 0.251 e. The fourth-order valence-electron chi connectivity index (χ4n) is 3.63. The van der Waals surface area contributed by atoms with Gasteiger partial charge in [-0.25, -0.2) is 0 Å². The lowest BCUT2D eigenvalue weighted by Gasteiger charge is -2.19. The van der Waals surface area contributed by atoms with Crippen LogP contribution >= 0.6 is 0 Å². The van der Waals surface area contributed by atoms with Crippen LogP contribution in [0.5, 0.6) is 0 Å². The molecule has 3 amide bonds. The Morgan fingerprint density at radius 3 is 2.14 bits per heavy atom. The number of benzene rings is 3. The number of carbonyl (C=O) groups is 3. The van der Waals surface area contributed by atoms with Gasteiger partial charge in [0, 0.05) is 29.4 Å². The SMILES string of the molecule is O=C(NCc1ccccn1)c1cccc(NC(=O)C(Cc2ccccc2)NC(=O)c2ccccc2)c1. The Bertz CT molecular complexity index is 1310. The van der Waals surface area contributed by atoms with Crippen LogP contribution in [0.2, 0.25) is 0 Å². The van der Waals surface area contributed by atoms with Gasteiger partial charge in [-0.15, -0.1) is 0 Å². The minimum Gasteiger partial charge on any atom is -0.346 e. The summed E-state index contributed by atoms with van der Waals surface area (Å²) in [6, 6.07) is 29.6. The highest BCUT2D eigenvalue weighted by Crippen LogP contribution is 2.13. The van der Waals surface area contributed by atoms with Crippen molar-refractivity contribution in [1.82, 2.24) is 15.6 Å². The minimum atomic E-state index is -0.818. The summed E-state index contributed by atoms with van der Waals surface area (Å²) in [6.45, 7) is 0.293. The number of carbonyl (C=O) groups excluding carboxylic acids is 3. The van der Waals surface area contributed by atoms with Gasteiger partial charge in [-0.3, -0.25) is 19.4 Å². The first kappa shape index (κ1) is 24.3. The van der Waals surface area contributed by atoms with E-state index >= 15 is 0 Å². The highest BCUT2D eigenvalue weighted by atomic mass is 16.2. The molecule has 7 nitrogen and oxygen atoms in total. The van der Waals surface area contributed by atoms with E-state index in [2.05, 4.69) is 20.9 Å². The second kappa shape index (κ2) is 12.1. The molecule has 1 atom stereocenters. The predicted molar refractivity (Wildman–Crippen MR) is 138 cm³/mol. The van der Waals surface area contributed by atoms with E-state index in [-0.39, 0.29) is 17.7 Å². The van der Waals surface area contributed by atoms with Crippen LogP contribution in [0.15, 0.2) is 109 Å². The lowest BCUT2D eigenvalue weighted by molar-refractivity contribution is -0.118. The Labute approximate surface area is 209 Å². The number of nitrogens with one attached hydrogen (secondary N) is 3. The summed E-state index contributed by atoms with van der Waals surface area (Å²) < 4.78 is 0. The maximum absolute atomic E-state index is 13.2. The van der Waals surface area contributed by atoms with Crippen molar-refractivity contribution in [3.63, 3.8) is 0 Å². The van der Waals surface area contributed by atoms with Crippen molar-refractivity contribution >= 4 is 23.4 Å². The molecule has 0 saturated carbocycles.